The monoisotopic (exact) mass is 523 g/mol. The number of hydrogen-bond acceptors (Lipinski definition) is 4. The maximum atomic E-state index is 5.32. The van der Waals surface area contributed by atoms with Gasteiger partial charge in [0.15, 0.2) is 5.96 Å². The number of aryl methyl sites for hydroxylation is 1. The number of likely N-dealkylation sites (tertiary alicyclic amines) is 1. The summed E-state index contributed by atoms with van der Waals surface area (Å²) >= 11 is 0. The van der Waals surface area contributed by atoms with E-state index in [1.807, 2.05) is 37.3 Å². The molecule has 0 amide bonds. The fraction of sp³-hybridized carbons (Fsp3) is 0.478. The molecule has 1 aliphatic rings. The van der Waals surface area contributed by atoms with Gasteiger partial charge < -0.3 is 15.4 Å². The minimum atomic E-state index is 0. The van der Waals surface area contributed by atoms with Gasteiger partial charge in [-0.1, -0.05) is 18.2 Å². The third-order valence-electron chi connectivity index (χ3n) is 5.23. The van der Waals surface area contributed by atoms with Gasteiger partial charge in [0, 0.05) is 18.8 Å². The number of rotatable bonds is 8. The summed E-state index contributed by atoms with van der Waals surface area (Å²) in [5.74, 6) is 1.72. The number of nitrogens with one attached hydrogen (secondary N) is 2. The van der Waals surface area contributed by atoms with Crippen LogP contribution in [0.2, 0.25) is 0 Å². The third kappa shape index (κ3) is 7.12. The predicted molar refractivity (Wildman–Crippen MR) is 134 cm³/mol. The van der Waals surface area contributed by atoms with Crippen molar-refractivity contribution in [1.82, 2.24) is 20.5 Å². The molecule has 0 saturated carbocycles. The standard InChI is InChI=1S/C23H33N5O.HI/c1-4-24-23(25-16-20-9-7-8-18(2)27-20)26-17-22(28-14-5-6-15-28)19-10-12-21(29-3)13-11-19;/h7-13,22H,4-6,14-17H2,1-3H3,(H2,24,25,26);1H. The Balaban J connectivity index is 0.00000320. The van der Waals surface area contributed by atoms with Gasteiger partial charge in [-0.05, 0) is 69.6 Å². The van der Waals surface area contributed by atoms with Crippen LogP contribution in [0.1, 0.15) is 42.8 Å². The molecule has 1 unspecified atom stereocenters. The Kier molecular flexibility index (Phi) is 10.4. The Morgan fingerprint density at radius 3 is 2.50 bits per heavy atom. The highest BCUT2D eigenvalue weighted by atomic mass is 127. The van der Waals surface area contributed by atoms with Gasteiger partial charge in [0.1, 0.15) is 5.75 Å². The highest BCUT2D eigenvalue weighted by molar-refractivity contribution is 14.0. The first-order valence-corrected chi connectivity index (χ1v) is 10.5. The lowest BCUT2D eigenvalue weighted by atomic mass is 10.1. The number of hydrogen-bond donors (Lipinski definition) is 2. The van der Waals surface area contributed by atoms with Crippen LogP contribution in [0.4, 0.5) is 0 Å². The molecule has 30 heavy (non-hydrogen) atoms. The van der Waals surface area contributed by atoms with E-state index in [1.54, 1.807) is 7.11 Å². The molecule has 1 aromatic heterocycles. The first-order valence-electron chi connectivity index (χ1n) is 10.5. The topological polar surface area (TPSA) is 61.8 Å². The largest absolute Gasteiger partial charge is 0.497 e. The molecular weight excluding hydrogens is 489 g/mol. The number of methoxy groups -OCH3 is 1. The molecule has 0 bridgehead atoms. The van der Waals surface area contributed by atoms with Crippen LogP contribution in [-0.2, 0) is 6.54 Å². The lowest BCUT2D eigenvalue weighted by Crippen LogP contribution is -2.42. The van der Waals surface area contributed by atoms with E-state index >= 15 is 0 Å². The second-order valence-electron chi connectivity index (χ2n) is 7.38. The van der Waals surface area contributed by atoms with Crippen molar-refractivity contribution in [1.29, 1.82) is 0 Å². The van der Waals surface area contributed by atoms with Gasteiger partial charge in [0.05, 0.1) is 25.4 Å². The Morgan fingerprint density at radius 2 is 1.87 bits per heavy atom. The zero-order valence-electron chi connectivity index (χ0n) is 18.2. The van der Waals surface area contributed by atoms with E-state index in [9.17, 15) is 0 Å². The van der Waals surface area contributed by atoms with Crippen LogP contribution in [0.3, 0.4) is 0 Å². The minimum Gasteiger partial charge on any atom is -0.497 e. The first-order chi connectivity index (χ1) is 14.2. The minimum absolute atomic E-state index is 0. The molecule has 0 aliphatic carbocycles. The van der Waals surface area contributed by atoms with Crippen molar-refractivity contribution in [3.05, 3.63) is 59.4 Å². The van der Waals surface area contributed by atoms with E-state index in [1.165, 1.54) is 18.4 Å². The second kappa shape index (κ2) is 12.7. The zero-order valence-corrected chi connectivity index (χ0v) is 20.6. The SMILES string of the molecule is CCNC(=NCc1cccc(C)n1)NCC(c1ccc(OC)cc1)N1CCCC1.I. The van der Waals surface area contributed by atoms with Crippen molar-refractivity contribution in [3.63, 3.8) is 0 Å². The van der Waals surface area contributed by atoms with Gasteiger partial charge in [-0.25, -0.2) is 4.99 Å². The van der Waals surface area contributed by atoms with Crippen LogP contribution in [0.5, 0.6) is 5.75 Å². The van der Waals surface area contributed by atoms with Gasteiger partial charge >= 0.3 is 0 Å². The van der Waals surface area contributed by atoms with E-state index in [0.717, 1.165) is 49.3 Å². The number of halogens is 1. The molecule has 6 nitrogen and oxygen atoms in total. The average molecular weight is 523 g/mol. The zero-order chi connectivity index (χ0) is 20.5. The van der Waals surface area contributed by atoms with Crippen molar-refractivity contribution >= 4 is 29.9 Å². The van der Waals surface area contributed by atoms with E-state index in [-0.39, 0.29) is 24.0 Å². The fourth-order valence-electron chi connectivity index (χ4n) is 3.72. The number of benzene rings is 1. The van der Waals surface area contributed by atoms with Gasteiger partial charge in [0.25, 0.3) is 0 Å². The van der Waals surface area contributed by atoms with Crippen molar-refractivity contribution in [2.45, 2.75) is 39.3 Å². The second-order valence-corrected chi connectivity index (χ2v) is 7.38. The molecule has 1 fully saturated rings. The Labute approximate surface area is 197 Å². The van der Waals surface area contributed by atoms with E-state index in [2.05, 4.69) is 39.6 Å². The number of aromatic nitrogens is 1. The molecule has 1 aliphatic heterocycles. The van der Waals surface area contributed by atoms with Crippen LogP contribution in [0.15, 0.2) is 47.5 Å². The smallest absolute Gasteiger partial charge is 0.191 e. The lowest BCUT2D eigenvalue weighted by Gasteiger charge is -2.29. The van der Waals surface area contributed by atoms with Gasteiger partial charge in [-0.2, -0.15) is 0 Å². The summed E-state index contributed by atoms with van der Waals surface area (Å²) in [4.78, 5) is 11.8. The highest BCUT2D eigenvalue weighted by Crippen LogP contribution is 2.26. The van der Waals surface area contributed by atoms with E-state index in [0.29, 0.717) is 12.6 Å². The molecule has 164 valence electrons. The van der Waals surface area contributed by atoms with Crippen molar-refractivity contribution in [2.24, 2.45) is 4.99 Å². The maximum Gasteiger partial charge on any atom is 0.191 e. The molecule has 3 rings (SSSR count). The molecular formula is C23H34IN5O. The van der Waals surface area contributed by atoms with Crippen LogP contribution in [-0.4, -0.2) is 49.1 Å². The predicted octanol–water partition coefficient (Wildman–Crippen LogP) is 3.91. The third-order valence-corrected chi connectivity index (χ3v) is 5.23. The van der Waals surface area contributed by atoms with Crippen LogP contribution < -0.4 is 15.4 Å². The van der Waals surface area contributed by atoms with Gasteiger partial charge in [0.2, 0.25) is 0 Å². The number of pyridine rings is 1. The fourth-order valence-corrected chi connectivity index (χ4v) is 3.72. The summed E-state index contributed by atoms with van der Waals surface area (Å²) < 4.78 is 5.32. The summed E-state index contributed by atoms with van der Waals surface area (Å²) in [6, 6.07) is 14.8. The van der Waals surface area contributed by atoms with Gasteiger partial charge in [-0.15, -0.1) is 24.0 Å². The lowest BCUT2D eigenvalue weighted by molar-refractivity contribution is 0.245. The summed E-state index contributed by atoms with van der Waals surface area (Å²) in [7, 11) is 1.71. The van der Waals surface area contributed by atoms with Gasteiger partial charge in [-0.3, -0.25) is 9.88 Å². The summed E-state index contributed by atoms with van der Waals surface area (Å²) in [5.41, 5.74) is 3.30. The summed E-state index contributed by atoms with van der Waals surface area (Å²) in [6.45, 7) is 8.56. The van der Waals surface area contributed by atoms with Crippen LogP contribution in [0.25, 0.3) is 0 Å². The molecule has 1 saturated heterocycles. The van der Waals surface area contributed by atoms with Crippen molar-refractivity contribution in [2.75, 3.05) is 33.3 Å². The number of ether oxygens (including phenoxy) is 1. The molecule has 7 heteroatoms. The molecule has 0 spiro atoms. The molecule has 0 radical (unpaired) electrons. The molecule has 1 aromatic carbocycles. The van der Waals surface area contributed by atoms with Crippen LogP contribution in [0, 0.1) is 6.92 Å². The molecule has 2 aromatic rings. The first kappa shape index (κ1) is 24.4. The quantitative estimate of drug-likeness (QED) is 0.312. The normalized spacial score (nSPS) is 15.4. The Hall–Kier alpha value is -1.87. The van der Waals surface area contributed by atoms with E-state index < -0.39 is 0 Å². The molecule has 2 N–H and O–H groups in total. The summed E-state index contributed by atoms with van der Waals surface area (Å²) in [5, 5.41) is 6.90. The number of guanidine groups is 1. The van der Waals surface area contributed by atoms with Crippen LogP contribution >= 0.6 is 24.0 Å². The maximum absolute atomic E-state index is 5.32. The molecule has 2 heterocycles. The Morgan fingerprint density at radius 1 is 1.13 bits per heavy atom. The van der Waals surface area contributed by atoms with Crippen molar-refractivity contribution in [3.8, 4) is 5.75 Å². The van der Waals surface area contributed by atoms with Crippen molar-refractivity contribution < 1.29 is 4.74 Å². The average Bonchev–Trinajstić information content (AvgIpc) is 3.27. The summed E-state index contributed by atoms with van der Waals surface area (Å²) in [6.07, 6.45) is 2.53. The van der Waals surface area contributed by atoms with E-state index in [4.69, 9.17) is 9.73 Å². The number of aliphatic imine (C=N–C) groups is 1. The number of nitrogens with zero attached hydrogens (tertiary/aromatic N) is 3. The Bertz CT molecular complexity index is 790. The molecule has 1 atom stereocenters. The highest BCUT2D eigenvalue weighted by Gasteiger charge is 2.23.